The van der Waals surface area contributed by atoms with Gasteiger partial charge in [0.1, 0.15) is 0 Å². The summed E-state index contributed by atoms with van der Waals surface area (Å²) in [5.74, 6) is 5.91. The normalized spacial score (nSPS) is 17.6. The standard InChI is InChI=1S/C16H21NO3S/c18-11-2-1-7-14-8-9-15(21-14)16(20)17-10-3-5-13(17)6-4-12-19/h8-9,13,18-19H,2-6,10-12H2. The number of carbonyl (C=O) groups is 1. The van der Waals surface area contributed by atoms with E-state index in [2.05, 4.69) is 11.8 Å². The molecule has 0 saturated carbocycles. The maximum absolute atomic E-state index is 12.5. The van der Waals surface area contributed by atoms with Gasteiger partial charge in [-0.3, -0.25) is 4.79 Å². The van der Waals surface area contributed by atoms with Gasteiger partial charge in [0.2, 0.25) is 0 Å². The first-order valence-electron chi connectivity index (χ1n) is 7.37. The molecule has 114 valence electrons. The minimum Gasteiger partial charge on any atom is -0.396 e. The number of amides is 1. The van der Waals surface area contributed by atoms with Crippen LogP contribution in [0.5, 0.6) is 0 Å². The van der Waals surface area contributed by atoms with E-state index >= 15 is 0 Å². The molecule has 4 nitrogen and oxygen atoms in total. The molecule has 0 aromatic carbocycles. The van der Waals surface area contributed by atoms with Crippen LogP contribution in [0.25, 0.3) is 0 Å². The molecule has 1 fully saturated rings. The maximum Gasteiger partial charge on any atom is 0.264 e. The summed E-state index contributed by atoms with van der Waals surface area (Å²) in [6.07, 6.45) is 4.14. The van der Waals surface area contributed by atoms with Crippen LogP contribution in [0, 0.1) is 11.8 Å². The Morgan fingerprint density at radius 3 is 3.00 bits per heavy atom. The van der Waals surface area contributed by atoms with Crippen molar-refractivity contribution in [2.24, 2.45) is 0 Å². The molecule has 0 spiro atoms. The molecule has 0 aliphatic carbocycles. The predicted octanol–water partition coefficient (Wildman–Crippen LogP) is 1.86. The largest absolute Gasteiger partial charge is 0.396 e. The van der Waals surface area contributed by atoms with Crippen LogP contribution in [-0.4, -0.2) is 46.8 Å². The lowest BCUT2D eigenvalue weighted by atomic mass is 10.1. The van der Waals surface area contributed by atoms with Gasteiger partial charge < -0.3 is 15.1 Å². The van der Waals surface area contributed by atoms with Gasteiger partial charge in [-0.1, -0.05) is 11.8 Å². The van der Waals surface area contributed by atoms with Gasteiger partial charge in [-0.05, 0) is 37.8 Å². The van der Waals surface area contributed by atoms with Crippen molar-refractivity contribution in [2.75, 3.05) is 19.8 Å². The number of hydrogen-bond donors (Lipinski definition) is 2. The Kier molecular flexibility index (Phi) is 6.24. The zero-order chi connectivity index (χ0) is 15.1. The highest BCUT2D eigenvalue weighted by molar-refractivity contribution is 7.14. The average molecular weight is 307 g/mol. The fraction of sp³-hybridized carbons (Fsp3) is 0.562. The van der Waals surface area contributed by atoms with Gasteiger partial charge in [-0.2, -0.15) is 0 Å². The minimum absolute atomic E-state index is 0.0600. The summed E-state index contributed by atoms with van der Waals surface area (Å²) in [5, 5.41) is 17.6. The lowest BCUT2D eigenvalue weighted by Crippen LogP contribution is -2.35. The van der Waals surface area contributed by atoms with Crippen LogP contribution in [0.4, 0.5) is 0 Å². The monoisotopic (exact) mass is 307 g/mol. The minimum atomic E-state index is 0.0600. The molecule has 0 bridgehead atoms. The van der Waals surface area contributed by atoms with Crippen LogP contribution in [0.1, 0.15) is 46.7 Å². The second-order valence-corrected chi connectivity index (χ2v) is 6.18. The number of carbonyl (C=O) groups excluding carboxylic acids is 1. The van der Waals surface area contributed by atoms with Gasteiger partial charge in [0.05, 0.1) is 16.4 Å². The first-order chi connectivity index (χ1) is 10.3. The highest BCUT2D eigenvalue weighted by Crippen LogP contribution is 2.26. The van der Waals surface area contributed by atoms with E-state index in [0.717, 1.165) is 42.0 Å². The Morgan fingerprint density at radius 2 is 2.24 bits per heavy atom. The summed E-state index contributed by atoms with van der Waals surface area (Å²) in [5.41, 5.74) is 0. The number of thiophene rings is 1. The molecule has 2 heterocycles. The first kappa shape index (κ1) is 16.0. The van der Waals surface area contributed by atoms with Crippen molar-refractivity contribution in [3.8, 4) is 11.8 Å². The third kappa shape index (κ3) is 4.31. The van der Waals surface area contributed by atoms with E-state index < -0.39 is 0 Å². The number of hydrogen-bond acceptors (Lipinski definition) is 4. The zero-order valence-electron chi connectivity index (χ0n) is 12.0. The predicted molar refractivity (Wildman–Crippen MR) is 83.3 cm³/mol. The van der Waals surface area contributed by atoms with E-state index in [-0.39, 0.29) is 25.2 Å². The summed E-state index contributed by atoms with van der Waals surface area (Å²) >= 11 is 1.41. The number of aliphatic hydroxyl groups excluding tert-OH is 2. The summed E-state index contributed by atoms with van der Waals surface area (Å²) in [4.78, 5) is 16.1. The van der Waals surface area contributed by atoms with Gasteiger partial charge >= 0.3 is 0 Å². The summed E-state index contributed by atoms with van der Waals surface area (Å²) < 4.78 is 0. The Morgan fingerprint density at radius 1 is 1.38 bits per heavy atom. The molecule has 0 radical (unpaired) electrons. The van der Waals surface area contributed by atoms with E-state index in [1.165, 1.54) is 11.3 Å². The number of nitrogens with zero attached hydrogens (tertiary/aromatic N) is 1. The van der Waals surface area contributed by atoms with E-state index in [0.29, 0.717) is 6.42 Å². The second kappa shape index (κ2) is 8.18. The van der Waals surface area contributed by atoms with Crippen molar-refractivity contribution in [1.82, 2.24) is 4.90 Å². The molecule has 1 aromatic heterocycles. The highest BCUT2D eigenvalue weighted by Gasteiger charge is 2.29. The topological polar surface area (TPSA) is 60.8 Å². The van der Waals surface area contributed by atoms with Gasteiger partial charge in [0, 0.05) is 25.6 Å². The third-order valence-corrected chi connectivity index (χ3v) is 4.59. The molecule has 1 unspecified atom stereocenters. The molecule has 21 heavy (non-hydrogen) atoms. The molecule has 1 aromatic rings. The van der Waals surface area contributed by atoms with E-state index in [4.69, 9.17) is 10.2 Å². The van der Waals surface area contributed by atoms with Crippen molar-refractivity contribution < 1.29 is 15.0 Å². The SMILES string of the molecule is O=C(c1ccc(C#CCCO)s1)N1CCCC1CCCO. The molecule has 1 aliphatic heterocycles. The van der Waals surface area contributed by atoms with Crippen molar-refractivity contribution in [3.05, 3.63) is 21.9 Å². The van der Waals surface area contributed by atoms with Crippen LogP contribution in [0.15, 0.2) is 12.1 Å². The number of aliphatic hydroxyl groups is 2. The third-order valence-electron chi connectivity index (χ3n) is 3.60. The molecule has 2 N–H and O–H groups in total. The lowest BCUT2D eigenvalue weighted by molar-refractivity contribution is 0.0729. The summed E-state index contributed by atoms with van der Waals surface area (Å²) in [6, 6.07) is 3.95. The van der Waals surface area contributed by atoms with E-state index in [9.17, 15) is 4.79 Å². The fourth-order valence-corrected chi connectivity index (χ4v) is 3.43. The molecule has 1 aliphatic rings. The number of likely N-dealkylation sites (tertiary alicyclic amines) is 1. The zero-order valence-corrected chi connectivity index (χ0v) is 12.9. The van der Waals surface area contributed by atoms with Gasteiger partial charge in [0.25, 0.3) is 5.91 Å². The van der Waals surface area contributed by atoms with Crippen LogP contribution >= 0.6 is 11.3 Å². The van der Waals surface area contributed by atoms with Crippen molar-refractivity contribution in [2.45, 2.75) is 38.1 Å². The Hall–Kier alpha value is -1.35. The first-order valence-corrected chi connectivity index (χ1v) is 8.19. The molecule has 1 saturated heterocycles. The fourth-order valence-electron chi connectivity index (χ4n) is 2.60. The molecular formula is C16H21NO3S. The Balaban J connectivity index is 2.01. The highest BCUT2D eigenvalue weighted by atomic mass is 32.1. The summed E-state index contributed by atoms with van der Waals surface area (Å²) in [7, 11) is 0. The van der Waals surface area contributed by atoms with Crippen LogP contribution in [-0.2, 0) is 0 Å². The Bertz CT molecular complexity index is 529. The van der Waals surface area contributed by atoms with Gasteiger partial charge in [0.15, 0.2) is 0 Å². The molecule has 2 rings (SSSR count). The molecule has 1 atom stereocenters. The molecule has 1 amide bonds. The second-order valence-electron chi connectivity index (χ2n) is 5.10. The Labute approximate surface area is 129 Å². The van der Waals surface area contributed by atoms with Crippen LogP contribution in [0.3, 0.4) is 0 Å². The van der Waals surface area contributed by atoms with Gasteiger partial charge in [-0.25, -0.2) is 0 Å². The van der Waals surface area contributed by atoms with Crippen molar-refractivity contribution in [3.63, 3.8) is 0 Å². The van der Waals surface area contributed by atoms with Crippen molar-refractivity contribution >= 4 is 17.2 Å². The van der Waals surface area contributed by atoms with E-state index in [1.807, 2.05) is 17.0 Å². The van der Waals surface area contributed by atoms with Crippen LogP contribution in [0.2, 0.25) is 0 Å². The van der Waals surface area contributed by atoms with E-state index in [1.54, 1.807) is 0 Å². The van der Waals surface area contributed by atoms with Crippen LogP contribution < -0.4 is 0 Å². The van der Waals surface area contributed by atoms with Crippen molar-refractivity contribution in [1.29, 1.82) is 0 Å². The molecule has 5 heteroatoms. The average Bonchev–Trinajstić information content (AvgIpc) is 3.14. The maximum atomic E-state index is 12.5. The lowest BCUT2D eigenvalue weighted by Gasteiger charge is -2.23. The number of rotatable bonds is 5. The quantitative estimate of drug-likeness (QED) is 0.816. The summed E-state index contributed by atoms with van der Waals surface area (Å²) in [6.45, 7) is 1.05. The smallest absolute Gasteiger partial charge is 0.264 e. The van der Waals surface area contributed by atoms with Gasteiger partial charge in [-0.15, -0.1) is 11.3 Å². The molecular weight excluding hydrogens is 286 g/mol.